The van der Waals surface area contributed by atoms with E-state index in [1.54, 1.807) is 7.11 Å². The minimum absolute atomic E-state index is 0.366. The van der Waals surface area contributed by atoms with Crippen LogP contribution < -0.4 is 4.74 Å². The zero-order valence-electron chi connectivity index (χ0n) is 11.5. The van der Waals surface area contributed by atoms with Crippen LogP contribution in [0.25, 0.3) is 0 Å². The van der Waals surface area contributed by atoms with Gasteiger partial charge in [-0.3, -0.25) is 9.69 Å². The summed E-state index contributed by atoms with van der Waals surface area (Å²) < 4.78 is 5.20. The van der Waals surface area contributed by atoms with Gasteiger partial charge in [0.15, 0.2) is 0 Å². The number of ether oxygens (including phenoxy) is 1. The van der Waals surface area contributed by atoms with Crippen LogP contribution in [-0.4, -0.2) is 35.7 Å². The lowest BCUT2D eigenvalue weighted by atomic mass is 9.92. The number of carboxylic acids is 1. The van der Waals surface area contributed by atoms with E-state index in [2.05, 4.69) is 11.8 Å². The first-order valence-corrected chi connectivity index (χ1v) is 6.70. The highest BCUT2D eigenvalue weighted by Gasteiger charge is 2.31. The van der Waals surface area contributed by atoms with E-state index in [1.807, 2.05) is 24.3 Å². The van der Waals surface area contributed by atoms with Crippen LogP contribution in [0.1, 0.15) is 25.3 Å². The minimum Gasteiger partial charge on any atom is -0.497 e. The highest BCUT2D eigenvalue weighted by Crippen LogP contribution is 2.25. The Morgan fingerprint density at radius 3 is 3.00 bits per heavy atom. The topological polar surface area (TPSA) is 49.8 Å². The van der Waals surface area contributed by atoms with Crippen LogP contribution in [0.4, 0.5) is 0 Å². The number of benzene rings is 1. The van der Waals surface area contributed by atoms with E-state index >= 15 is 0 Å². The van der Waals surface area contributed by atoms with E-state index in [4.69, 9.17) is 4.74 Å². The Balaban J connectivity index is 2.09. The maximum atomic E-state index is 11.4. The van der Waals surface area contributed by atoms with Gasteiger partial charge in [-0.2, -0.15) is 0 Å². The van der Waals surface area contributed by atoms with Crippen LogP contribution in [0.5, 0.6) is 5.75 Å². The molecule has 4 nitrogen and oxygen atoms in total. The lowest BCUT2D eigenvalue weighted by Gasteiger charge is -2.36. The molecule has 1 aliphatic rings. The standard InChI is InChI=1S/C15H21NO3/c1-11-6-7-16(14(8-11)15(17)18)10-12-4-3-5-13(9-12)19-2/h3-5,9,11,14H,6-8,10H2,1-2H3,(H,17,18). The average Bonchev–Trinajstić information content (AvgIpc) is 2.41. The Morgan fingerprint density at radius 2 is 2.32 bits per heavy atom. The van der Waals surface area contributed by atoms with Gasteiger partial charge in [0, 0.05) is 6.54 Å². The van der Waals surface area contributed by atoms with Gasteiger partial charge < -0.3 is 9.84 Å². The number of carbonyl (C=O) groups is 1. The Kier molecular flexibility index (Phi) is 4.43. The first-order chi connectivity index (χ1) is 9.10. The van der Waals surface area contributed by atoms with Gasteiger partial charge in [0.05, 0.1) is 7.11 Å². The van der Waals surface area contributed by atoms with E-state index in [0.717, 1.165) is 30.7 Å². The molecule has 0 radical (unpaired) electrons. The SMILES string of the molecule is COc1cccc(CN2CCC(C)CC2C(=O)O)c1. The van der Waals surface area contributed by atoms with Gasteiger partial charge in [0.25, 0.3) is 0 Å². The van der Waals surface area contributed by atoms with Crippen molar-refractivity contribution >= 4 is 5.97 Å². The van der Waals surface area contributed by atoms with Crippen molar-refractivity contribution in [2.75, 3.05) is 13.7 Å². The largest absolute Gasteiger partial charge is 0.497 e. The highest BCUT2D eigenvalue weighted by molar-refractivity contribution is 5.73. The minimum atomic E-state index is -0.713. The second-order valence-corrected chi connectivity index (χ2v) is 5.31. The maximum absolute atomic E-state index is 11.4. The molecule has 0 aromatic heterocycles. The molecule has 0 amide bonds. The van der Waals surface area contributed by atoms with Gasteiger partial charge in [-0.1, -0.05) is 19.1 Å². The van der Waals surface area contributed by atoms with Gasteiger partial charge in [-0.05, 0) is 43.0 Å². The molecule has 104 valence electrons. The monoisotopic (exact) mass is 263 g/mol. The van der Waals surface area contributed by atoms with Crippen molar-refractivity contribution in [3.8, 4) is 5.75 Å². The molecule has 2 atom stereocenters. The number of rotatable bonds is 4. The molecule has 2 unspecified atom stereocenters. The Labute approximate surface area is 114 Å². The second kappa shape index (κ2) is 6.06. The van der Waals surface area contributed by atoms with Crippen molar-refractivity contribution in [2.45, 2.75) is 32.4 Å². The third kappa shape index (κ3) is 3.47. The number of likely N-dealkylation sites (tertiary alicyclic amines) is 1. The van der Waals surface area contributed by atoms with Crippen molar-refractivity contribution < 1.29 is 14.6 Å². The smallest absolute Gasteiger partial charge is 0.320 e. The summed E-state index contributed by atoms with van der Waals surface area (Å²) >= 11 is 0. The van der Waals surface area contributed by atoms with Crippen molar-refractivity contribution in [3.63, 3.8) is 0 Å². The number of hydrogen-bond donors (Lipinski definition) is 1. The van der Waals surface area contributed by atoms with E-state index in [-0.39, 0.29) is 6.04 Å². The molecule has 4 heteroatoms. The van der Waals surface area contributed by atoms with Crippen molar-refractivity contribution in [1.29, 1.82) is 0 Å². The molecule has 1 aliphatic heterocycles. The lowest BCUT2D eigenvalue weighted by molar-refractivity contribution is -0.145. The van der Waals surface area contributed by atoms with Crippen LogP contribution in [0.3, 0.4) is 0 Å². The summed E-state index contributed by atoms with van der Waals surface area (Å²) in [6, 6.07) is 7.46. The summed E-state index contributed by atoms with van der Waals surface area (Å²) in [6.07, 6.45) is 1.80. The average molecular weight is 263 g/mol. The molecule has 1 fully saturated rings. The summed E-state index contributed by atoms with van der Waals surface area (Å²) in [5, 5.41) is 9.34. The normalized spacial score (nSPS) is 24.1. The predicted octanol–water partition coefficient (Wildman–Crippen LogP) is 2.38. The van der Waals surface area contributed by atoms with Gasteiger partial charge in [0.2, 0.25) is 0 Å². The molecule has 0 bridgehead atoms. The zero-order chi connectivity index (χ0) is 13.8. The maximum Gasteiger partial charge on any atom is 0.320 e. The fourth-order valence-corrected chi connectivity index (χ4v) is 2.64. The summed E-state index contributed by atoms with van der Waals surface area (Å²) in [6.45, 7) is 3.63. The number of carboxylic acid groups (broad SMARTS) is 1. The first kappa shape index (κ1) is 13.9. The molecule has 1 aromatic carbocycles. The van der Waals surface area contributed by atoms with Crippen molar-refractivity contribution in [1.82, 2.24) is 4.90 Å². The molecular weight excluding hydrogens is 242 g/mol. The summed E-state index contributed by atoms with van der Waals surface area (Å²) in [5.41, 5.74) is 1.10. The van der Waals surface area contributed by atoms with Crippen LogP contribution in [0.2, 0.25) is 0 Å². The predicted molar refractivity (Wildman–Crippen MR) is 73.2 cm³/mol. The molecule has 1 heterocycles. The van der Waals surface area contributed by atoms with Crippen molar-refractivity contribution in [2.24, 2.45) is 5.92 Å². The van der Waals surface area contributed by atoms with Gasteiger partial charge in [-0.25, -0.2) is 0 Å². The van der Waals surface area contributed by atoms with Crippen LogP contribution in [0.15, 0.2) is 24.3 Å². The number of hydrogen-bond acceptors (Lipinski definition) is 3. The Hall–Kier alpha value is -1.55. The molecule has 1 N–H and O–H groups in total. The molecule has 0 saturated carbocycles. The van der Waals surface area contributed by atoms with Gasteiger partial charge >= 0.3 is 5.97 Å². The number of methoxy groups -OCH3 is 1. The lowest BCUT2D eigenvalue weighted by Crippen LogP contribution is -2.46. The van der Waals surface area contributed by atoms with Crippen LogP contribution >= 0.6 is 0 Å². The third-order valence-electron chi connectivity index (χ3n) is 3.78. The van der Waals surface area contributed by atoms with Crippen LogP contribution in [-0.2, 0) is 11.3 Å². The molecular formula is C15H21NO3. The highest BCUT2D eigenvalue weighted by atomic mass is 16.5. The fourth-order valence-electron chi connectivity index (χ4n) is 2.64. The van der Waals surface area contributed by atoms with E-state index < -0.39 is 5.97 Å². The molecule has 19 heavy (non-hydrogen) atoms. The summed E-state index contributed by atoms with van der Waals surface area (Å²) in [7, 11) is 1.64. The quantitative estimate of drug-likeness (QED) is 0.906. The summed E-state index contributed by atoms with van der Waals surface area (Å²) in [4.78, 5) is 13.4. The molecule has 0 spiro atoms. The molecule has 1 saturated heterocycles. The summed E-state index contributed by atoms with van der Waals surface area (Å²) in [5.74, 6) is 0.590. The van der Waals surface area contributed by atoms with Crippen molar-refractivity contribution in [3.05, 3.63) is 29.8 Å². The Morgan fingerprint density at radius 1 is 1.53 bits per heavy atom. The first-order valence-electron chi connectivity index (χ1n) is 6.70. The van der Waals surface area contributed by atoms with Gasteiger partial charge in [0.1, 0.15) is 11.8 Å². The fraction of sp³-hybridized carbons (Fsp3) is 0.533. The molecule has 1 aromatic rings. The molecule has 0 aliphatic carbocycles. The van der Waals surface area contributed by atoms with Crippen LogP contribution in [0, 0.1) is 5.92 Å². The second-order valence-electron chi connectivity index (χ2n) is 5.31. The Bertz CT molecular complexity index is 447. The number of aliphatic carboxylic acids is 1. The molecule has 2 rings (SSSR count). The van der Waals surface area contributed by atoms with E-state index in [1.165, 1.54) is 0 Å². The number of piperidine rings is 1. The zero-order valence-corrected chi connectivity index (χ0v) is 11.5. The van der Waals surface area contributed by atoms with E-state index in [9.17, 15) is 9.90 Å². The van der Waals surface area contributed by atoms with E-state index in [0.29, 0.717) is 12.5 Å². The number of nitrogens with zero attached hydrogens (tertiary/aromatic N) is 1. The van der Waals surface area contributed by atoms with Gasteiger partial charge in [-0.15, -0.1) is 0 Å². The third-order valence-corrected chi connectivity index (χ3v) is 3.78.